The van der Waals surface area contributed by atoms with Gasteiger partial charge in [-0.25, -0.2) is 22.5 Å². The highest BCUT2D eigenvalue weighted by Gasteiger charge is 2.28. The fraction of sp³-hybridized carbons (Fsp3) is 0.375. The fourth-order valence-corrected chi connectivity index (χ4v) is 2.00. The molecule has 0 aliphatic rings. The van der Waals surface area contributed by atoms with Crippen molar-refractivity contribution in [3.05, 3.63) is 24.1 Å². The van der Waals surface area contributed by atoms with Gasteiger partial charge in [-0.3, -0.25) is 0 Å². The molecule has 0 aliphatic heterocycles. The number of sulfonamides is 1. The van der Waals surface area contributed by atoms with Gasteiger partial charge in [-0.1, -0.05) is 0 Å². The second-order valence-corrected chi connectivity index (χ2v) is 4.74. The maximum absolute atomic E-state index is 13.0. The minimum atomic E-state index is -4.48. The predicted molar refractivity (Wildman–Crippen MR) is 50.1 cm³/mol. The van der Waals surface area contributed by atoms with E-state index >= 15 is 0 Å². The first-order valence-corrected chi connectivity index (χ1v) is 5.87. The third kappa shape index (κ3) is 4.27. The van der Waals surface area contributed by atoms with E-state index < -0.39 is 40.0 Å². The van der Waals surface area contributed by atoms with Gasteiger partial charge in [0.15, 0.2) is 5.82 Å². The zero-order valence-electron chi connectivity index (χ0n) is 8.33. The molecule has 0 aromatic carbocycles. The zero-order valence-corrected chi connectivity index (χ0v) is 9.15. The van der Waals surface area contributed by atoms with Crippen molar-refractivity contribution in [3.8, 4) is 0 Å². The van der Waals surface area contributed by atoms with Crippen LogP contribution in [0.2, 0.25) is 0 Å². The van der Waals surface area contributed by atoms with Crippen LogP contribution in [0.3, 0.4) is 0 Å². The molecule has 17 heavy (non-hydrogen) atoms. The molecule has 4 nitrogen and oxygen atoms in total. The van der Waals surface area contributed by atoms with Crippen molar-refractivity contribution in [2.24, 2.45) is 0 Å². The molecule has 0 bridgehead atoms. The third-order valence-corrected chi connectivity index (χ3v) is 3.07. The highest BCUT2D eigenvalue weighted by atomic mass is 32.2. The molecule has 0 aliphatic carbocycles. The lowest BCUT2D eigenvalue weighted by molar-refractivity contribution is -0.132. The van der Waals surface area contributed by atoms with Gasteiger partial charge in [-0.05, 0) is 12.1 Å². The van der Waals surface area contributed by atoms with Crippen molar-refractivity contribution >= 4 is 10.0 Å². The number of aromatic nitrogens is 1. The van der Waals surface area contributed by atoms with Crippen molar-refractivity contribution in [3.63, 3.8) is 0 Å². The van der Waals surface area contributed by atoms with Crippen LogP contribution in [0.1, 0.15) is 6.42 Å². The molecule has 0 saturated carbocycles. The highest BCUT2D eigenvalue weighted by Crippen LogP contribution is 2.19. The zero-order chi connectivity index (χ0) is 13.1. The fourth-order valence-electron chi connectivity index (χ4n) is 0.964. The second kappa shape index (κ2) is 4.96. The molecule has 1 rings (SSSR count). The lowest BCUT2D eigenvalue weighted by Gasteiger charge is -2.08. The number of pyridine rings is 1. The van der Waals surface area contributed by atoms with Gasteiger partial charge in [0.25, 0.3) is 10.0 Å². The van der Waals surface area contributed by atoms with E-state index in [1.165, 1.54) is 6.07 Å². The van der Waals surface area contributed by atoms with E-state index in [4.69, 9.17) is 0 Å². The molecule has 0 spiro atoms. The maximum atomic E-state index is 13.0. The van der Waals surface area contributed by atoms with E-state index in [0.29, 0.717) is 0 Å². The first kappa shape index (κ1) is 13.8. The van der Waals surface area contributed by atoms with Crippen molar-refractivity contribution in [2.75, 3.05) is 6.54 Å². The summed E-state index contributed by atoms with van der Waals surface area (Å²) in [6.45, 7) is -0.859. The first-order chi connectivity index (χ1) is 7.72. The van der Waals surface area contributed by atoms with Crippen molar-refractivity contribution in [1.82, 2.24) is 9.71 Å². The Bertz CT molecular complexity index is 487. The molecule has 0 radical (unpaired) electrons. The molecule has 0 fully saturated rings. The number of nitrogens with zero attached hydrogens (tertiary/aromatic N) is 1. The molecule has 1 N–H and O–H groups in total. The van der Waals surface area contributed by atoms with Crippen LogP contribution in [-0.2, 0) is 10.0 Å². The van der Waals surface area contributed by atoms with Crippen LogP contribution in [0.25, 0.3) is 0 Å². The quantitative estimate of drug-likeness (QED) is 0.844. The summed E-state index contributed by atoms with van der Waals surface area (Å²) in [6.07, 6.45) is -4.78. The number of alkyl halides is 3. The van der Waals surface area contributed by atoms with Crippen molar-refractivity contribution < 1.29 is 26.0 Å². The average Bonchev–Trinajstić information content (AvgIpc) is 2.15. The van der Waals surface area contributed by atoms with Gasteiger partial charge in [-0.2, -0.15) is 13.2 Å². The largest absolute Gasteiger partial charge is 0.390 e. The maximum Gasteiger partial charge on any atom is 0.390 e. The summed E-state index contributed by atoms with van der Waals surface area (Å²) in [5.74, 6) is -1.12. The van der Waals surface area contributed by atoms with Crippen LogP contribution in [0.5, 0.6) is 0 Å². The van der Waals surface area contributed by atoms with Crippen molar-refractivity contribution in [2.45, 2.75) is 17.6 Å². The van der Waals surface area contributed by atoms with E-state index in [9.17, 15) is 26.0 Å². The average molecular weight is 272 g/mol. The van der Waals surface area contributed by atoms with E-state index in [2.05, 4.69) is 4.98 Å². The summed E-state index contributed by atoms with van der Waals surface area (Å²) in [5.41, 5.74) is 0. The van der Waals surface area contributed by atoms with Crippen LogP contribution in [0.15, 0.2) is 23.4 Å². The lowest BCUT2D eigenvalue weighted by Crippen LogP contribution is -2.29. The Morgan fingerprint density at radius 3 is 2.53 bits per heavy atom. The smallest absolute Gasteiger partial charge is 0.241 e. The number of hydrogen-bond donors (Lipinski definition) is 1. The Hall–Kier alpha value is -1.22. The molecule has 9 heteroatoms. The van der Waals surface area contributed by atoms with Crippen LogP contribution < -0.4 is 4.72 Å². The Morgan fingerprint density at radius 2 is 2.00 bits per heavy atom. The standard InChI is InChI=1S/C8H8F4N2O2S/c9-6-2-1-4-13-7(6)17(15,16)14-5-3-8(10,11)12/h1-2,4,14H,3,5H2. The van der Waals surface area contributed by atoms with Crippen LogP contribution in [0.4, 0.5) is 17.6 Å². The topological polar surface area (TPSA) is 59.1 Å². The number of hydrogen-bond acceptors (Lipinski definition) is 3. The molecule has 0 atom stereocenters. The van der Waals surface area contributed by atoms with Gasteiger partial charge in [-0.15, -0.1) is 0 Å². The van der Waals surface area contributed by atoms with Gasteiger partial charge >= 0.3 is 6.18 Å². The normalized spacial score (nSPS) is 12.7. The molecule has 1 heterocycles. The minimum absolute atomic E-state index is 0.853. The molecule has 0 saturated heterocycles. The van der Waals surface area contributed by atoms with Gasteiger partial charge in [0.1, 0.15) is 0 Å². The lowest BCUT2D eigenvalue weighted by atomic mass is 10.4. The number of nitrogens with one attached hydrogen (secondary N) is 1. The van der Waals surface area contributed by atoms with E-state index in [1.54, 1.807) is 4.72 Å². The summed E-state index contributed by atoms with van der Waals surface area (Å²) in [5, 5.41) is -0.915. The van der Waals surface area contributed by atoms with Crippen LogP contribution in [0, 0.1) is 5.82 Å². The molecule has 0 amide bonds. The molecule has 96 valence electrons. The van der Waals surface area contributed by atoms with Gasteiger partial charge in [0.2, 0.25) is 5.03 Å². The molecule has 1 aromatic rings. The summed E-state index contributed by atoms with van der Waals surface area (Å²) in [4.78, 5) is 3.26. The van der Waals surface area contributed by atoms with Crippen LogP contribution in [-0.4, -0.2) is 26.1 Å². The Morgan fingerprint density at radius 1 is 1.35 bits per heavy atom. The van der Waals surface area contributed by atoms with Crippen molar-refractivity contribution in [1.29, 1.82) is 0 Å². The molecular weight excluding hydrogens is 264 g/mol. The van der Waals surface area contributed by atoms with E-state index in [-0.39, 0.29) is 0 Å². The summed E-state index contributed by atoms with van der Waals surface area (Å²) in [6, 6.07) is 2.02. The number of rotatable bonds is 4. The molecular formula is C8H8F4N2O2S. The SMILES string of the molecule is O=S(=O)(NCCC(F)(F)F)c1ncccc1F. The van der Waals surface area contributed by atoms with E-state index in [1.807, 2.05) is 0 Å². The van der Waals surface area contributed by atoms with E-state index in [0.717, 1.165) is 12.3 Å². The van der Waals surface area contributed by atoms with Crippen LogP contribution >= 0.6 is 0 Å². The Balaban J connectivity index is 2.74. The molecule has 1 aromatic heterocycles. The van der Waals surface area contributed by atoms with Gasteiger partial charge in [0.05, 0.1) is 6.42 Å². The minimum Gasteiger partial charge on any atom is -0.241 e. The summed E-state index contributed by atoms with van der Waals surface area (Å²) < 4.78 is 72.7. The highest BCUT2D eigenvalue weighted by molar-refractivity contribution is 7.89. The summed E-state index contributed by atoms with van der Waals surface area (Å²) in [7, 11) is -4.35. The Labute approximate surface area is 94.7 Å². The van der Waals surface area contributed by atoms with Gasteiger partial charge in [0, 0.05) is 12.7 Å². The Kier molecular flexibility index (Phi) is 4.04. The number of halogens is 4. The van der Waals surface area contributed by atoms with Gasteiger partial charge < -0.3 is 0 Å². The first-order valence-electron chi connectivity index (χ1n) is 4.39. The summed E-state index contributed by atoms with van der Waals surface area (Å²) >= 11 is 0. The second-order valence-electron chi connectivity index (χ2n) is 3.05. The monoisotopic (exact) mass is 272 g/mol. The predicted octanol–water partition coefficient (Wildman–Crippen LogP) is 1.45. The molecule has 0 unspecified atom stereocenters. The third-order valence-electron chi connectivity index (χ3n) is 1.68.